The number of hydrogen-bond acceptors (Lipinski definition) is 2. The number of carboxylic acids is 1. The first-order valence-corrected chi connectivity index (χ1v) is 4.80. The van der Waals surface area contributed by atoms with Crippen LogP contribution < -0.4 is 4.74 Å². The number of carboxylic acid groups (broad SMARTS) is 1. The normalized spacial score (nSPS) is 9.38. The van der Waals surface area contributed by atoms with Gasteiger partial charge < -0.3 is 9.84 Å². The van der Waals surface area contributed by atoms with Crippen molar-refractivity contribution in [3.63, 3.8) is 0 Å². The van der Waals surface area contributed by atoms with Gasteiger partial charge in [-0.1, -0.05) is 26.0 Å². The maximum atomic E-state index is 11.9. The van der Waals surface area contributed by atoms with Gasteiger partial charge in [-0.2, -0.15) is 8.78 Å². The monoisotopic (exact) mass is 232 g/mol. The fourth-order valence-electron chi connectivity index (χ4n) is 1.07. The third-order valence-electron chi connectivity index (χ3n) is 1.65. The molecule has 1 N–H and O–H groups in total. The smallest absolute Gasteiger partial charge is 0.387 e. The van der Waals surface area contributed by atoms with Crippen molar-refractivity contribution in [2.45, 2.75) is 27.4 Å². The van der Waals surface area contributed by atoms with Gasteiger partial charge in [0.15, 0.2) is 0 Å². The molecule has 3 nitrogen and oxygen atoms in total. The van der Waals surface area contributed by atoms with E-state index in [9.17, 15) is 13.6 Å². The topological polar surface area (TPSA) is 46.5 Å². The van der Waals surface area contributed by atoms with Crippen LogP contribution in [0.4, 0.5) is 8.78 Å². The third-order valence-corrected chi connectivity index (χ3v) is 1.65. The Bertz CT molecular complexity index is 351. The SMILES string of the molecule is CC.Cc1cccc(C(=O)O)c1OC(F)F. The van der Waals surface area contributed by atoms with Crippen LogP contribution in [-0.2, 0) is 0 Å². The predicted molar refractivity (Wildman–Crippen MR) is 56.1 cm³/mol. The number of ether oxygens (including phenoxy) is 1. The molecule has 0 amide bonds. The molecule has 0 heterocycles. The van der Waals surface area contributed by atoms with Gasteiger partial charge in [0.1, 0.15) is 11.3 Å². The molecule has 0 aliphatic heterocycles. The maximum Gasteiger partial charge on any atom is 0.387 e. The second-order valence-electron chi connectivity index (χ2n) is 2.64. The molecule has 0 fully saturated rings. The Morgan fingerprint density at radius 1 is 1.38 bits per heavy atom. The van der Waals surface area contributed by atoms with Crippen LogP contribution in [0, 0.1) is 6.92 Å². The van der Waals surface area contributed by atoms with Gasteiger partial charge in [0.25, 0.3) is 0 Å². The number of aryl methyl sites for hydroxylation is 1. The minimum absolute atomic E-state index is 0.259. The molecule has 16 heavy (non-hydrogen) atoms. The minimum Gasteiger partial charge on any atom is -0.478 e. The molecule has 0 radical (unpaired) electrons. The number of para-hydroxylation sites is 1. The molecule has 90 valence electrons. The first-order chi connectivity index (χ1) is 7.52. The summed E-state index contributed by atoms with van der Waals surface area (Å²) in [7, 11) is 0. The van der Waals surface area contributed by atoms with E-state index >= 15 is 0 Å². The molecule has 1 aromatic carbocycles. The van der Waals surface area contributed by atoms with Crippen LogP contribution in [0.15, 0.2) is 18.2 Å². The highest BCUT2D eigenvalue weighted by Crippen LogP contribution is 2.24. The first-order valence-electron chi connectivity index (χ1n) is 4.80. The summed E-state index contributed by atoms with van der Waals surface area (Å²) in [4.78, 5) is 10.6. The molecule has 0 bridgehead atoms. The van der Waals surface area contributed by atoms with Crippen LogP contribution in [0.3, 0.4) is 0 Å². The fourth-order valence-corrected chi connectivity index (χ4v) is 1.07. The van der Waals surface area contributed by atoms with E-state index in [1.807, 2.05) is 13.8 Å². The van der Waals surface area contributed by atoms with Gasteiger partial charge in [0, 0.05) is 0 Å². The van der Waals surface area contributed by atoms with Crippen LogP contribution in [0.5, 0.6) is 5.75 Å². The fraction of sp³-hybridized carbons (Fsp3) is 0.364. The lowest BCUT2D eigenvalue weighted by molar-refractivity contribution is -0.0507. The molecular weight excluding hydrogens is 218 g/mol. The molecule has 0 aliphatic rings. The predicted octanol–water partition coefficient (Wildman–Crippen LogP) is 3.32. The molecule has 0 aromatic heterocycles. The highest BCUT2D eigenvalue weighted by atomic mass is 19.3. The molecule has 0 spiro atoms. The number of hydrogen-bond donors (Lipinski definition) is 1. The van der Waals surface area contributed by atoms with Crippen molar-refractivity contribution in [2.24, 2.45) is 0 Å². The number of rotatable bonds is 3. The molecule has 0 saturated heterocycles. The van der Waals surface area contributed by atoms with Crippen LogP contribution in [-0.4, -0.2) is 17.7 Å². The average molecular weight is 232 g/mol. The molecule has 0 aliphatic carbocycles. The van der Waals surface area contributed by atoms with Gasteiger partial charge in [-0.05, 0) is 18.6 Å². The summed E-state index contributed by atoms with van der Waals surface area (Å²) in [5, 5.41) is 8.68. The van der Waals surface area contributed by atoms with Crippen molar-refractivity contribution in [3.8, 4) is 5.75 Å². The summed E-state index contributed by atoms with van der Waals surface area (Å²) in [6, 6.07) is 4.19. The van der Waals surface area contributed by atoms with E-state index in [2.05, 4.69) is 4.74 Å². The highest BCUT2D eigenvalue weighted by molar-refractivity contribution is 5.91. The van der Waals surface area contributed by atoms with E-state index in [0.717, 1.165) is 0 Å². The molecule has 1 rings (SSSR count). The third kappa shape index (κ3) is 3.84. The zero-order valence-corrected chi connectivity index (χ0v) is 9.33. The number of aromatic carboxylic acids is 1. The van der Waals surface area contributed by atoms with Crippen LogP contribution >= 0.6 is 0 Å². The summed E-state index contributed by atoms with van der Waals surface area (Å²) < 4.78 is 28.0. The van der Waals surface area contributed by atoms with Crippen molar-refractivity contribution >= 4 is 5.97 Å². The summed E-state index contributed by atoms with van der Waals surface area (Å²) in [5.41, 5.74) is 0.107. The van der Waals surface area contributed by atoms with Gasteiger partial charge in [0.05, 0.1) is 0 Å². The highest BCUT2D eigenvalue weighted by Gasteiger charge is 2.16. The first kappa shape index (κ1) is 14.3. The molecular formula is C11H14F2O3. The van der Waals surface area contributed by atoms with E-state index in [1.54, 1.807) is 0 Å². The Labute approximate surface area is 92.7 Å². The minimum atomic E-state index is -3.02. The standard InChI is InChI=1S/C9H8F2O3.C2H6/c1-5-3-2-4-6(8(12)13)7(5)14-9(10)11;1-2/h2-4,9H,1H3,(H,12,13);1-2H3. The molecule has 0 unspecified atom stereocenters. The van der Waals surface area contributed by atoms with Crippen molar-refractivity contribution in [2.75, 3.05) is 0 Å². The number of carbonyl (C=O) groups is 1. The quantitative estimate of drug-likeness (QED) is 0.869. The summed E-state index contributed by atoms with van der Waals surface area (Å²) in [6.45, 7) is 2.48. The van der Waals surface area contributed by atoms with Gasteiger partial charge in [0.2, 0.25) is 0 Å². The lowest BCUT2D eigenvalue weighted by Gasteiger charge is -2.10. The Morgan fingerprint density at radius 2 is 1.94 bits per heavy atom. The van der Waals surface area contributed by atoms with Crippen LogP contribution in [0.1, 0.15) is 29.8 Å². The van der Waals surface area contributed by atoms with Gasteiger partial charge in [-0.15, -0.1) is 0 Å². The average Bonchev–Trinajstić information content (AvgIpc) is 2.23. The summed E-state index contributed by atoms with van der Waals surface area (Å²) >= 11 is 0. The van der Waals surface area contributed by atoms with Crippen molar-refractivity contribution in [1.29, 1.82) is 0 Å². The second kappa shape index (κ2) is 6.76. The van der Waals surface area contributed by atoms with E-state index < -0.39 is 12.6 Å². The summed E-state index contributed by atoms with van der Waals surface area (Å²) in [6.07, 6.45) is 0. The van der Waals surface area contributed by atoms with E-state index in [1.165, 1.54) is 25.1 Å². The van der Waals surface area contributed by atoms with Crippen molar-refractivity contribution in [1.82, 2.24) is 0 Å². The Kier molecular flexibility index (Phi) is 6.07. The molecule has 1 aromatic rings. The number of halogens is 2. The zero-order chi connectivity index (χ0) is 12.7. The van der Waals surface area contributed by atoms with Gasteiger partial charge in [-0.25, -0.2) is 4.79 Å². The lowest BCUT2D eigenvalue weighted by atomic mass is 10.1. The maximum absolute atomic E-state index is 11.9. The van der Waals surface area contributed by atoms with E-state index in [4.69, 9.17) is 5.11 Å². The Morgan fingerprint density at radius 3 is 2.38 bits per heavy atom. The van der Waals surface area contributed by atoms with Gasteiger partial charge in [-0.3, -0.25) is 0 Å². The largest absolute Gasteiger partial charge is 0.478 e. The number of alkyl halides is 2. The molecule has 0 atom stereocenters. The van der Waals surface area contributed by atoms with Crippen molar-refractivity contribution < 1.29 is 23.4 Å². The Hall–Kier alpha value is -1.65. The van der Waals surface area contributed by atoms with Crippen LogP contribution in [0.25, 0.3) is 0 Å². The van der Waals surface area contributed by atoms with Crippen molar-refractivity contribution in [3.05, 3.63) is 29.3 Å². The lowest BCUT2D eigenvalue weighted by Crippen LogP contribution is -2.08. The van der Waals surface area contributed by atoms with Gasteiger partial charge >= 0.3 is 12.6 Å². The number of benzene rings is 1. The summed E-state index contributed by atoms with van der Waals surface area (Å²) in [5.74, 6) is -1.57. The zero-order valence-electron chi connectivity index (χ0n) is 9.33. The Balaban J connectivity index is 0.00000106. The molecule has 0 saturated carbocycles. The van der Waals surface area contributed by atoms with Crippen LogP contribution in [0.2, 0.25) is 0 Å². The second-order valence-corrected chi connectivity index (χ2v) is 2.64. The molecule has 5 heteroatoms. The van der Waals surface area contributed by atoms with E-state index in [-0.39, 0.29) is 11.3 Å². The van der Waals surface area contributed by atoms with E-state index in [0.29, 0.717) is 5.56 Å².